The maximum atomic E-state index is 13.1. The third kappa shape index (κ3) is 4.44. The first-order chi connectivity index (χ1) is 13.1. The monoisotopic (exact) mass is 380 g/mol. The van der Waals surface area contributed by atoms with Crippen LogP contribution in [0.4, 0.5) is 0 Å². The molecule has 0 saturated heterocycles. The Kier molecular flexibility index (Phi) is 6.04. The summed E-state index contributed by atoms with van der Waals surface area (Å²) < 4.78 is 1.74. The number of hydrogen-bond acceptors (Lipinski definition) is 3. The lowest BCUT2D eigenvalue weighted by atomic mass is 10.2. The number of halogens is 1. The fourth-order valence-electron chi connectivity index (χ4n) is 2.82. The van der Waals surface area contributed by atoms with Gasteiger partial charge in [-0.05, 0) is 24.1 Å². The zero-order chi connectivity index (χ0) is 19.2. The Morgan fingerprint density at radius 1 is 1.19 bits per heavy atom. The van der Waals surface area contributed by atoms with Crippen molar-refractivity contribution in [3.8, 4) is 0 Å². The zero-order valence-electron chi connectivity index (χ0n) is 15.2. The third-order valence-corrected chi connectivity index (χ3v) is 4.68. The van der Waals surface area contributed by atoms with Crippen LogP contribution in [0.3, 0.4) is 0 Å². The molecule has 0 spiro atoms. The summed E-state index contributed by atoms with van der Waals surface area (Å²) in [5, 5.41) is 8.93. The van der Waals surface area contributed by atoms with Crippen molar-refractivity contribution < 1.29 is 4.79 Å². The van der Waals surface area contributed by atoms with Crippen LogP contribution in [-0.4, -0.2) is 32.3 Å². The van der Waals surface area contributed by atoms with E-state index in [-0.39, 0.29) is 5.91 Å². The van der Waals surface area contributed by atoms with E-state index >= 15 is 0 Å². The van der Waals surface area contributed by atoms with Crippen LogP contribution in [0.1, 0.15) is 27.3 Å². The van der Waals surface area contributed by atoms with E-state index in [0.717, 1.165) is 16.8 Å². The fraction of sp³-hybridized carbons (Fsp3) is 0.190. The molecular weight excluding hydrogens is 360 g/mol. The highest BCUT2D eigenvalue weighted by Gasteiger charge is 2.22. The van der Waals surface area contributed by atoms with Gasteiger partial charge < -0.3 is 4.90 Å². The second kappa shape index (κ2) is 8.64. The van der Waals surface area contributed by atoms with Crippen LogP contribution in [0.5, 0.6) is 0 Å². The quantitative estimate of drug-likeness (QED) is 0.579. The van der Waals surface area contributed by atoms with Crippen molar-refractivity contribution in [1.29, 1.82) is 0 Å². The predicted octanol–water partition coefficient (Wildman–Crippen LogP) is 4.12. The van der Waals surface area contributed by atoms with Gasteiger partial charge >= 0.3 is 0 Å². The van der Waals surface area contributed by atoms with Crippen molar-refractivity contribution in [2.45, 2.75) is 20.0 Å². The molecule has 138 valence electrons. The van der Waals surface area contributed by atoms with Gasteiger partial charge in [-0.15, -0.1) is 11.7 Å². The second-order valence-electron chi connectivity index (χ2n) is 6.23. The molecule has 0 radical (unpaired) electrons. The van der Waals surface area contributed by atoms with Gasteiger partial charge in [-0.1, -0.05) is 71.4 Å². The number of rotatable bonds is 7. The number of nitrogens with zero attached hydrogens (tertiary/aromatic N) is 4. The van der Waals surface area contributed by atoms with Crippen molar-refractivity contribution in [2.75, 3.05) is 6.54 Å². The van der Waals surface area contributed by atoms with Gasteiger partial charge in [0, 0.05) is 18.1 Å². The van der Waals surface area contributed by atoms with Gasteiger partial charge in [-0.3, -0.25) is 4.79 Å². The summed E-state index contributed by atoms with van der Waals surface area (Å²) in [5.41, 5.74) is 3.06. The first-order valence-corrected chi connectivity index (χ1v) is 9.05. The number of hydrogen-bond donors (Lipinski definition) is 0. The van der Waals surface area contributed by atoms with Crippen molar-refractivity contribution in [1.82, 2.24) is 19.9 Å². The van der Waals surface area contributed by atoms with Gasteiger partial charge in [-0.2, -0.15) is 0 Å². The minimum Gasteiger partial charge on any atom is -0.329 e. The summed E-state index contributed by atoms with van der Waals surface area (Å²) in [6.45, 7) is 6.97. The van der Waals surface area contributed by atoms with E-state index in [1.165, 1.54) is 0 Å². The molecule has 0 fully saturated rings. The molecule has 0 unspecified atom stereocenters. The van der Waals surface area contributed by atoms with Crippen LogP contribution in [0.15, 0.2) is 67.3 Å². The van der Waals surface area contributed by atoms with Gasteiger partial charge in [0.2, 0.25) is 0 Å². The fourth-order valence-corrected chi connectivity index (χ4v) is 3.02. The number of amides is 1. The Morgan fingerprint density at radius 3 is 2.59 bits per heavy atom. The van der Waals surface area contributed by atoms with Crippen LogP contribution >= 0.6 is 11.6 Å². The molecule has 0 aliphatic carbocycles. The number of aromatic nitrogens is 3. The largest absolute Gasteiger partial charge is 0.329 e. The minimum absolute atomic E-state index is 0.188. The molecule has 6 heteroatoms. The van der Waals surface area contributed by atoms with Gasteiger partial charge in [0.1, 0.15) is 0 Å². The lowest BCUT2D eigenvalue weighted by molar-refractivity contribution is 0.0756. The minimum atomic E-state index is -0.188. The van der Waals surface area contributed by atoms with Crippen LogP contribution in [0, 0.1) is 6.92 Å². The Morgan fingerprint density at radius 2 is 1.89 bits per heavy atom. The van der Waals surface area contributed by atoms with Crippen molar-refractivity contribution >= 4 is 17.5 Å². The van der Waals surface area contributed by atoms with E-state index in [9.17, 15) is 4.79 Å². The van der Waals surface area contributed by atoms with Gasteiger partial charge in [0.15, 0.2) is 5.69 Å². The van der Waals surface area contributed by atoms with Gasteiger partial charge in [0.05, 0.1) is 12.2 Å². The van der Waals surface area contributed by atoms with Crippen molar-refractivity contribution in [3.63, 3.8) is 0 Å². The normalized spacial score (nSPS) is 10.6. The highest BCUT2D eigenvalue weighted by molar-refractivity contribution is 6.31. The average Bonchev–Trinajstić information content (AvgIpc) is 3.04. The van der Waals surface area contributed by atoms with Gasteiger partial charge in [0.25, 0.3) is 5.91 Å². The lowest BCUT2D eigenvalue weighted by Crippen LogP contribution is -2.31. The number of carbonyl (C=O) groups excluding carboxylic acids is 1. The molecule has 0 bridgehead atoms. The molecule has 3 aromatic rings. The summed E-state index contributed by atoms with van der Waals surface area (Å²) >= 11 is 6.25. The van der Waals surface area contributed by atoms with Crippen LogP contribution < -0.4 is 0 Å². The molecule has 2 aromatic carbocycles. The summed E-state index contributed by atoms with van der Waals surface area (Å²) in [5.74, 6) is -0.188. The number of carbonyl (C=O) groups is 1. The molecule has 1 heterocycles. The molecule has 0 N–H and O–H groups in total. The molecule has 0 aliphatic heterocycles. The zero-order valence-corrected chi connectivity index (χ0v) is 15.9. The first-order valence-electron chi connectivity index (χ1n) is 8.67. The van der Waals surface area contributed by atoms with Crippen molar-refractivity contribution in [3.05, 3.63) is 94.8 Å². The van der Waals surface area contributed by atoms with Crippen LogP contribution in [0.2, 0.25) is 5.02 Å². The van der Waals surface area contributed by atoms with Crippen LogP contribution in [-0.2, 0) is 13.1 Å². The molecule has 1 aromatic heterocycles. The van der Waals surface area contributed by atoms with Gasteiger partial charge in [-0.25, -0.2) is 4.68 Å². The van der Waals surface area contributed by atoms with Crippen molar-refractivity contribution in [2.24, 2.45) is 0 Å². The maximum absolute atomic E-state index is 13.1. The molecule has 0 saturated carbocycles. The first kappa shape index (κ1) is 18.9. The smallest absolute Gasteiger partial charge is 0.276 e. The summed E-state index contributed by atoms with van der Waals surface area (Å²) in [6, 6.07) is 17.4. The summed E-state index contributed by atoms with van der Waals surface area (Å²) in [6.07, 6.45) is 1.69. The van der Waals surface area contributed by atoms with E-state index in [2.05, 4.69) is 16.9 Å². The topological polar surface area (TPSA) is 51.0 Å². The molecule has 27 heavy (non-hydrogen) atoms. The van der Waals surface area contributed by atoms with E-state index in [4.69, 9.17) is 11.6 Å². The average molecular weight is 381 g/mol. The Hall–Kier alpha value is -2.92. The molecule has 0 aliphatic rings. The summed E-state index contributed by atoms with van der Waals surface area (Å²) in [4.78, 5) is 14.7. The molecular formula is C21H21ClN4O. The Bertz CT molecular complexity index is 936. The Labute approximate surface area is 163 Å². The molecule has 5 nitrogen and oxygen atoms in total. The summed E-state index contributed by atoms with van der Waals surface area (Å²) in [7, 11) is 0. The highest BCUT2D eigenvalue weighted by Crippen LogP contribution is 2.19. The van der Waals surface area contributed by atoms with E-state index in [1.807, 2.05) is 61.5 Å². The number of benzene rings is 2. The molecule has 3 rings (SSSR count). The molecule has 1 amide bonds. The Balaban J connectivity index is 1.82. The lowest BCUT2D eigenvalue weighted by Gasteiger charge is -2.21. The standard InChI is InChI=1S/C21H21ClN4O/c1-3-13-25(15-18-11-7-8-12-19(18)22)21(27)20-16(2)26(24-23-20)14-17-9-5-4-6-10-17/h3-12H,1,13-15H2,2H3. The predicted molar refractivity (Wildman–Crippen MR) is 107 cm³/mol. The SMILES string of the molecule is C=CCN(Cc1ccccc1Cl)C(=O)c1nnn(Cc2ccccc2)c1C. The van der Waals surface area contributed by atoms with E-state index < -0.39 is 0 Å². The highest BCUT2D eigenvalue weighted by atomic mass is 35.5. The van der Waals surface area contributed by atoms with Crippen LogP contribution in [0.25, 0.3) is 0 Å². The second-order valence-corrected chi connectivity index (χ2v) is 6.64. The maximum Gasteiger partial charge on any atom is 0.276 e. The molecule has 0 atom stereocenters. The van der Waals surface area contributed by atoms with E-state index in [1.54, 1.807) is 15.7 Å². The van der Waals surface area contributed by atoms with E-state index in [0.29, 0.717) is 30.4 Å². The third-order valence-electron chi connectivity index (χ3n) is 4.32.